The van der Waals surface area contributed by atoms with E-state index in [0.717, 1.165) is 0 Å². The van der Waals surface area contributed by atoms with E-state index in [1.807, 2.05) is 6.07 Å². The molecular weight excluding hydrogens is 336 g/mol. The Morgan fingerprint density at radius 3 is 2.46 bits per heavy atom. The molecule has 7 nitrogen and oxygen atoms in total. The molecule has 132 valence electrons. The summed E-state index contributed by atoms with van der Waals surface area (Å²) in [6.45, 7) is 1.29. The van der Waals surface area contributed by atoms with Gasteiger partial charge in [0, 0.05) is 6.92 Å². The maximum Gasteiger partial charge on any atom is 0.308 e. The topological polar surface area (TPSA) is 84.9 Å². The van der Waals surface area contributed by atoms with Crippen LogP contribution in [-0.4, -0.2) is 24.9 Å². The summed E-state index contributed by atoms with van der Waals surface area (Å²) in [7, 11) is 1.43. The number of hydrazine groups is 1. The Hall–Kier alpha value is -3.61. The molecule has 1 fully saturated rings. The highest BCUT2D eigenvalue weighted by molar-refractivity contribution is 6.31. The standard InChI is InChI=1S/C19H16N2O5/c1-12(22)26-16-9-8-13(11-17(16)25-2)10-15-18(23)20-21(19(15)24)14-6-4-3-5-7-14/h3-11H,1-2H3,(H,20,23). The summed E-state index contributed by atoms with van der Waals surface area (Å²) in [5.74, 6) is -0.847. The normalized spacial score (nSPS) is 15.2. The van der Waals surface area contributed by atoms with Crippen LogP contribution in [-0.2, 0) is 14.4 Å². The number of benzene rings is 2. The van der Waals surface area contributed by atoms with Gasteiger partial charge >= 0.3 is 5.97 Å². The van der Waals surface area contributed by atoms with Crippen LogP contribution in [0.3, 0.4) is 0 Å². The van der Waals surface area contributed by atoms with E-state index in [4.69, 9.17) is 9.47 Å². The maximum atomic E-state index is 12.6. The molecular formula is C19H16N2O5. The minimum absolute atomic E-state index is 0.00357. The lowest BCUT2D eigenvalue weighted by molar-refractivity contribution is -0.132. The van der Waals surface area contributed by atoms with E-state index in [0.29, 0.717) is 17.0 Å². The van der Waals surface area contributed by atoms with Gasteiger partial charge in [0.25, 0.3) is 11.8 Å². The zero-order chi connectivity index (χ0) is 18.7. The van der Waals surface area contributed by atoms with Gasteiger partial charge < -0.3 is 9.47 Å². The Labute approximate surface area is 149 Å². The summed E-state index contributed by atoms with van der Waals surface area (Å²) in [4.78, 5) is 35.9. The monoisotopic (exact) mass is 352 g/mol. The van der Waals surface area contributed by atoms with Crippen molar-refractivity contribution >= 4 is 29.5 Å². The number of nitrogens with one attached hydrogen (secondary N) is 1. The fourth-order valence-corrected chi connectivity index (χ4v) is 2.50. The molecule has 1 aliphatic heterocycles. The number of carbonyl (C=O) groups is 3. The molecule has 1 N–H and O–H groups in total. The van der Waals surface area contributed by atoms with Crippen LogP contribution in [0.2, 0.25) is 0 Å². The predicted molar refractivity (Wildman–Crippen MR) is 94.4 cm³/mol. The molecule has 7 heteroatoms. The van der Waals surface area contributed by atoms with Crippen LogP contribution in [0.25, 0.3) is 6.08 Å². The van der Waals surface area contributed by atoms with Crippen LogP contribution in [0.4, 0.5) is 5.69 Å². The van der Waals surface area contributed by atoms with Crippen LogP contribution in [0, 0.1) is 0 Å². The number of rotatable bonds is 4. The highest BCUT2D eigenvalue weighted by Gasteiger charge is 2.34. The Morgan fingerprint density at radius 2 is 1.81 bits per heavy atom. The van der Waals surface area contributed by atoms with Gasteiger partial charge in [0.15, 0.2) is 11.5 Å². The van der Waals surface area contributed by atoms with E-state index in [-0.39, 0.29) is 11.3 Å². The molecule has 1 heterocycles. The van der Waals surface area contributed by atoms with Gasteiger partial charge in [-0.05, 0) is 35.9 Å². The third-order valence-corrected chi connectivity index (χ3v) is 3.66. The first-order chi connectivity index (χ1) is 12.5. The van der Waals surface area contributed by atoms with E-state index >= 15 is 0 Å². The van der Waals surface area contributed by atoms with E-state index in [1.54, 1.807) is 42.5 Å². The zero-order valence-electron chi connectivity index (χ0n) is 14.2. The number of para-hydroxylation sites is 1. The molecule has 0 aromatic heterocycles. The Balaban J connectivity index is 1.91. The largest absolute Gasteiger partial charge is 0.493 e. The van der Waals surface area contributed by atoms with Gasteiger partial charge in [0.05, 0.1) is 12.8 Å². The number of carbonyl (C=O) groups excluding carboxylic acids is 3. The molecule has 0 unspecified atom stereocenters. The number of hydrogen-bond acceptors (Lipinski definition) is 5. The molecule has 1 aliphatic rings. The van der Waals surface area contributed by atoms with Crippen LogP contribution < -0.4 is 19.9 Å². The molecule has 1 saturated heterocycles. The van der Waals surface area contributed by atoms with Crippen molar-refractivity contribution in [3.63, 3.8) is 0 Å². The molecule has 0 aliphatic carbocycles. The molecule has 0 spiro atoms. The molecule has 0 atom stereocenters. The Kier molecular flexibility index (Phi) is 4.70. The van der Waals surface area contributed by atoms with Crippen LogP contribution >= 0.6 is 0 Å². The van der Waals surface area contributed by atoms with Crippen LogP contribution in [0.1, 0.15) is 12.5 Å². The van der Waals surface area contributed by atoms with Crippen molar-refractivity contribution in [2.45, 2.75) is 6.92 Å². The average molecular weight is 352 g/mol. The first-order valence-corrected chi connectivity index (χ1v) is 7.78. The highest BCUT2D eigenvalue weighted by atomic mass is 16.6. The molecule has 0 radical (unpaired) electrons. The number of esters is 1. The maximum absolute atomic E-state index is 12.6. The van der Waals surface area contributed by atoms with Gasteiger partial charge in [0.2, 0.25) is 0 Å². The number of anilines is 1. The molecule has 26 heavy (non-hydrogen) atoms. The average Bonchev–Trinajstić information content (AvgIpc) is 2.91. The van der Waals surface area contributed by atoms with Gasteiger partial charge in [-0.1, -0.05) is 24.3 Å². The second kappa shape index (κ2) is 7.10. The summed E-state index contributed by atoms with van der Waals surface area (Å²) in [5.41, 5.74) is 3.66. The molecule has 2 amide bonds. The lowest BCUT2D eigenvalue weighted by Gasteiger charge is -2.13. The molecule has 2 aromatic rings. The van der Waals surface area contributed by atoms with Crippen molar-refractivity contribution in [2.75, 3.05) is 12.1 Å². The second-order valence-electron chi connectivity index (χ2n) is 5.48. The fourth-order valence-electron chi connectivity index (χ4n) is 2.50. The summed E-state index contributed by atoms with van der Waals surface area (Å²) < 4.78 is 10.2. The number of hydrogen-bond donors (Lipinski definition) is 1. The smallest absolute Gasteiger partial charge is 0.308 e. The van der Waals surface area contributed by atoms with Crippen LogP contribution in [0.15, 0.2) is 54.1 Å². The molecule has 0 bridgehead atoms. The van der Waals surface area contributed by atoms with Crippen molar-refractivity contribution in [3.8, 4) is 11.5 Å². The van der Waals surface area contributed by atoms with Gasteiger partial charge in [-0.15, -0.1) is 0 Å². The quantitative estimate of drug-likeness (QED) is 0.394. The lowest BCUT2D eigenvalue weighted by Crippen LogP contribution is -2.35. The predicted octanol–water partition coefficient (Wildman–Crippen LogP) is 2.08. The van der Waals surface area contributed by atoms with Crippen LogP contribution in [0.5, 0.6) is 11.5 Å². The van der Waals surface area contributed by atoms with E-state index in [1.165, 1.54) is 25.1 Å². The third kappa shape index (κ3) is 3.41. The van der Waals surface area contributed by atoms with Gasteiger partial charge in [-0.25, -0.2) is 5.01 Å². The number of amides is 2. The second-order valence-corrected chi connectivity index (χ2v) is 5.48. The minimum Gasteiger partial charge on any atom is -0.493 e. The third-order valence-electron chi connectivity index (χ3n) is 3.66. The Bertz CT molecular complexity index is 905. The van der Waals surface area contributed by atoms with Crippen molar-refractivity contribution in [1.82, 2.24) is 5.43 Å². The number of ether oxygens (including phenoxy) is 2. The van der Waals surface area contributed by atoms with Gasteiger partial charge in [0.1, 0.15) is 5.57 Å². The lowest BCUT2D eigenvalue weighted by atomic mass is 10.1. The molecule has 0 saturated carbocycles. The summed E-state index contributed by atoms with van der Waals surface area (Å²) in [6.07, 6.45) is 1.46. The van der Waals surface area contributed by atoms with E-state index in [2.05, 4.69) is 5.43 Å². The minimum atomic E-state index is -0.498. The fraction of sp³-hybridized carbons (Fsp3) is 0.105. The Morgan fingerprint density at radius 1 is 1.08 bits per heavy atom. The van der Waals surface area contributed by atoms with Crippen molar-refractivity contribution < 1.29 is 23.9 Å². The summed E-state index contributed by atoms with van der Waals surface area (Å²) >= 11 is 0. The SMILES string of the molecule is COc1cc(C=C2C(=O)NN(c3ccccc3)C2=O)ccc1OC(C)=O. The van der Waals surface area contributed by atoms with Crippen molar-refractivity contribution in [2.24, 2.45) is 0 Å². The highest BCUT2D eigenvalue weighted by Crippen LogP contribution is 2.30. The van der Waals surface area contributed by atoms with E-state index < -0.39 is 17.8 Å². The van der Waals surface area contributed by atoms with Gasteiger partial charge in [-0.3, -0.25) is 19.8 Å². The zero-order valence-corrected chi connectivity index (χ0v) is 14.2. The van der Waals surface area contributed by atoms with Gasteiger partial charge in [-0.2, -0.15) is 0 Å². The molecule has 3 rings (SSSR count). The molecule has 2 aromatic carbocycles. The van der Waals surface area contributed by atoms with Crippen molar-refractivity contribution in [3.05, 3.63) is 59.7 Å². The van der Waals surface area contributed by atoms with E-state index in [9.17, 15) is 14.4 Å². The summed E-state index contributed by atoms with van der Waals surface area (Å²) in [6, 6.07) is 13.6. The number of methoxy groups -OCH3 is 1. The first-order valence-electron chi connectivity index (χ1n) is 7.78. The number of nitrogens with zero attached hydrogens (tertiary/aromatic N) is 1. The van der Waals surface area contributed by atoms with Crippen molar-refractivity contribution in [1.29, 1.82) is 0 Å². The summed E-state index contributed by atoms with van der Waals surface area (Å²) in [5, 5.41) is 1.19. The first kappa shape index (κ1) is 17.2.